The summed E-state index contributed by atoms with van der Waals surface area (Å²) < 4.78 is 0. The second-order valence-corrected chi connectivity index (χ2v) is 4.85. The lowest BCUT2D eigenvalue weighted by Crippen LogP contribution is -2.32. The van der Waals surface area contributed by atoms with Gasteiger partial charge in [-0.05, 0) is 31.4 Å². The van der Waals surface area contributed by atoms with Crippen molar-refractivity contribution < 1.29 is 0 Å². The monoisotopic (exact) mass is 219 g/mol. The topological polar surface area (TPSA) is 29.0 Å². The van der Waals surface area contributed by atoms with Crippen LogP contribution < -0.4 is 0 Å². The molecule has 3 nitrogen and oxygen atoms in total. The van der Waals surface area contributed by atoms with Crippen LogP contribution in [0.5, 0.6) is 0 Å². The van der Waals surface area contributed by atoms with E-state index in [9.17, 15) is 0 Å². The van der Waals surface area contributed by atoms with Crippen molar-refractivity contribution in [2.24, 2.45) is 0 Å². The number of hydrogen-bond acceptors (Lipinski definition) is 3. The van der Waals surface area contributed by atoms with E-state index >= 15 is 0 Å². The molecule has 2 heterocycles. The van der Waals surface area contributed by atoms with Gasteiger partial charge in [-0.25, -0.2) is 9.97 Å². The van der Waals surface area contributed by atoms with Crippen molar-refractivity contribution >= 4 is 0 Å². The number of fused-ring (bicyclic) bond motifs is 1. The van der Waals surface area contributed by atoms with E-state index in [1.807, 2.05) is 6.92 Å². The largest absolute Gasteiger partial charge is 0.297 e. The summed E-state index contributed by atoms with van der Waals surface area (Å²) in [6.07, 6.45) is 1.11. The van der Waals surface area contributed by atoms with Gasteiger partial charge in [-0.3, -0.25) is 4.90 Å². The van der Waals surface area contributed by atoms with Gasteiger partial charge >= 0.3 is 0 Å². The molecule has 16 heavy (non-hydrogen) atoms. The second kappa shape index (κ2) is 4.50. The van der Waals surface area contributed by atoms with Crippen LogP contribution in [-0.2, 0) is 13.0 Å². The Morgan fingerprint density at radius 3 is 2.69 bits per heavy atom. The molecule has 0 amide bonds. The lowest BCUT2D eigenvalue weighted by atomic mass is 9.96. The Bertz CT molecular complexity index is 385. The predicted molar refractivity (Wildman–Crippen MR) is 65.5 cm³/mol. The van der Waals surface area contributed by atoms with E-state index in [2.05, 4.69) is 35.6 Å². The molecule has 0 unspecified atom stereocenters. The number of rotatable bonds is 2. The van der Waals surface area contributed by atoms with E-state index in [4.69, 9.17) is 0 Å². The van der Waals surface area contributed by atoms with Crippen LogP contribution >= 0.6 is 0 Å². The summed E-state index contributed by atoms with van der Waals surface area (Å²) in [6.45, 7) is 11.9. The molecule has 1 aromatic rings. The van der Waals surface area contributed by atoms with Crippen molar-refractivity contribution in [2.45, 2.75) is 46.6 Å². The summed E-state index contributed by atoms with van der Waals surface area (Å²) in [4.78, 5) is 11.7. The van der Waals surface area contributed by atoms with E-state index < -0.39 is 0 Å². The van der Waals surface area contributed by atoms with Gasteiger partial charge in [0.05, 0.1) is 11.4 Å². The average Bonchev–Trinajstić information content (AvgIpc) is 2.26. The van der Waals surface area contributed by atoms with Crippen LogP contribution in [0.1, 0.15) is 49.5 Å². The molecule has 88 valence electrons. The third-order valence-corrected chi connectivity index (χ3v) is 3.28. The molecule has 0 bridgehead atoms. The van der Waals surface area contributed by atoms with Crippen molar-refractivity contribution in [1.82, 2.24) is 14.9 Å². The number of likely N-dealkylation sites (N-methyl/N-ethyl adjacent to an activating group) is 1. The standard InChI is InChI=1S/C13H21N3/c1-5-16-7-6-11-12(8-16)14-10(4)15-13(11)9(2)3/h9H,5-8H2,1-4H3. The van der Waals surface area contributed by atoms with Gasteiger partial charge in [-0.15, -0.1) is 0 Å². The van der Waals surface area contributed by atoms with Crippen LogP contribution in [0.3, 0.4) is 0 Å². The summed E-state index contributed by atoms with van der Waals surface area (Å²) in [6, 6.07) is 0. The summed E-state index contributed by atoms with van der Waals surface area (Å²) in [5.41, 5.74) is 3.92. The molecule has 1 aromatic heterocycles. The molecule has 1 aliphatic heterocycles. The fourth-order valence-electron chi connectivity index (χ4n) is 2.39. The summed E-state index contributed by atoms with van der Waals surface area (Å²) in [7, 11) is 0. The Morgan fingerprint density at radius 1 is 1.31 bits per heavy atom. The Hall–Kier alpha value is -0.960. The van der Waals surface area contributed by atoms with Gasteiger partial charge in [0.25, 0.3) is 0 Å². The van der Waals surface area contributed by atoms with Crippen LogP contribution in [0, 0.1) is 6.92 Å². The molecule has 0 aliphatic carbocycles. The molecule has 3 heteroatoms. The van der Waals surface area contributed by atoms with E-state index in [1.165, 1.54) is 17.0 Å². The minimum atomic E-state index is 0.503. The van der Waals surface area contributed by atoms with Gasteiger partial charge in [-0.1, -0.05) is 20.8 Å². The van der Waals surface area contributed by atoms with Crippen LogP contribution in [0.4, 0.5) is 0 Å². The molecule has 0 saturated carbocycles. The minimum absolute atomic E-state index is 0.503. The van der Waals surface area contributed by atoms with Crippen molar-refractivity contribution in [3.63, 3.8) is 0 Å². The second-order valence-electron chi connectivity index (χ2n) is 4.85. The number of aryl methyl sites for hydroxylation is 1. The maximum Gasteiger partial charge on any atom is 0.125 e. The Kier molecular flexibility index (Phi) is 3.24. The quantitative estimate of drug-likeness (QED) is 0.764. The molecule has 1 aliphatic rings. The average molecular weight is 219 g/mol. The van der Waals surface area contributed by atoms with Crippen LogP contribution in [0.15, 0.2) is 0 Å². The first kappa shape index (κ1) is 11.5. The molecular weight excluding hydrogens is 198 g/mol. The fourth-order valence-corrected chi connectivity index (χ4v) is 2.39. The van der Waals surface area contributed by atoms with Gasteiger partial charge in [0.2, 0.25) is 0 Å². The Morgan fingerprint density at radius 2 is 2.06 bits per heavy atom. The highest BCUT2D eigenvalue weighted by Crippen LogP contribution is 2.24. The first-order valence-corrected chi connectivity index (χ1v) is 6.20. The maximum absolute atomic E-state index is 4.61. The smallest absolute Gasteiger partial charge is 0.125 e. The summed E-state index contributed by atoms with van der Waals surface area (Å²) in [5.74, 6) is 1.42. The Labute approximate surface area is 97.9 Å². The van der Waals surface area contributed by atoms with Crippen molar-refractivity contribution in [1.29, 1.82) is 0 Å². The molecule has 0 radical (unpaired) electrons. The highest BCUT2D eigenvalue weighted by molar-refractivity contribution is 5.30. The van der Waals surface area contributed by atoms with E-state index in [0.717, 1.165) is 31.9 Å². The molecule has 0 saturated heterocycles. The molecule has 0 aromatic carbocycles. The summed E-state index contributed by atoms with van der Waals surface area (Å²) >= 11 is 0. The van der Waals surface area contributed by atoms with Crippen molar-refractivity contribution in [3.05, 3.63) is 22.8 Å². The highest BCUT2D eigenvalue weighted by atomic mass is 15.1. The first-order chi connectivity index (χ1) is 7.61. The van der Waals surface area contributed by atoms with Crippen LogP contribution in [0.2, 0.25) is 0 Å². The maximum atomic E-state index is 4.61. The summed E-state index contributed by atoms with van der Waals surface area (Å²) in [5, 5.41) is 0. The molecule has 2 rings (SSSR count). The normalized spacial score (nSPS) is 16.6. The van der Waals surface area contributed by atoms with Crippen LogP contribution in [0.25, 0.3) is 0 Å². The molecule has 0 atom stereocenters. The Balaban J connectivity index is 2.41. The van der Waals surface area contributed by atoms with Gasteiger partial charge in [0, 0.05) is 13.1 Å². The highest BCUT2D eigenvalue weighted by Gasteiger charge is 2.21. The number of nitrogens with zero attached hydrogens (tertiary/aromatic N) is 3. The molecule has 0 spiro atoms. The van der Waals surface area contributed by atoms with Crippen LogP contribution in [-0.4, -0.2) is 28.0 Å². The van der Waals surface area contributed by atoms with E-state index in [1.54, 1.807) is 0 Å². The third kappa shape index (κ3) is 2.09. The zero-order valence-corrected chi connectivity index (χ0v) is 10.7. The molecule has 0 N–H and O–H groups in total. The van der Waals surface area contributed by atoms with E-state index in [-0.39, 0.29) is 0 Å². The SMILES string of the molecule is CCN1CCc2c(nc(C)nc2C(C)C)C1. The zero-order valence-electron chi connectivity index (χ0n) is 10.7. The minimum Gasteiger partial charge on any atom is -0.297 e. The first-order valence-electron chi connectivity index (χ1n) is 6.20. The van der Waals surface area contributed by atoms with Gasteiger partial charge in [0.15, 0.2) is 0 Å². The molecule has 0 fully saturated rings. The van der Waals surface area contributed by atoms with E-state index in [0.29, 0.717) is 5.92 Å². The zero-order chi connectivity index (χ0) is 11.7. The number of aromatic nitrogens is 2. The predicted octanol–water partition coefficient (Wildman–Crippen LogP) is 2.29. The third-order valence-electron chi connectivity index (χ3n) is 3.28. The van der Waals surface area contributed by atoms with Gasteiger partial charge in [-0.2, -0.15) is 0 Å². The number of hydrogen-bond donors (Lipinski definition) is 0. The lowest BCUT2D eigenvalue weighted by molar-refractivity contribution is 0.262. The van der Waals surface area contributed by atoms with Gasteiger partial charge in [0.1, 0.15) is 5.82 Å². The van der Waals surface area contributed by atoms with Crippen molar-refractivity contribution in [2.75, 3.05) is 13.1 Å². The lowest BCUT2D eigenvalue weighted by Gasteiger charge is -2.28. The molecular formula is C13H21N3. The van der Waals surface area contributed by atoms with Crippen molar-refractivity contribution in [3.8, 4) is 0 Å². The fraction of sp³-hybridized carbons (Fsp3) is 0.692. The van der Waals surface area contributed by atoms with Gasteiger partial charge < -0.3 is 0 Å².